The Balaban J connectivity index is 3.32. The van der Waals surface area contributed by atoms with Crippen molar-refractivity contribution >= 4 is 11.9 Å². The molecule has 1 unspecified atom stereocenters. The minimum Gasteiger partial charge on any atom is -0.479 e. The molecule has 1 aromatic rings. The van der Waals surface area contributed by atoms with E-state index in [2.05, 4.69) is 4.98 Å². The van der Waals surface area contributed by atoms with Crippen LogP contribution in [-0.4, -0.2) is 33.4 Å². The first-order valence-corrected chi connectivity index (χ1v) is 5.37. The highest BCUT2D eigenvalue weighted by Crippen LogP contribution is 2.27. The van der Waals surface area contributed by atoms with Crippen LogP contribution in [0.1, 0.15) is 26.5 Å². The highest BCUT2D eigenvalue weighted by Gasteiger charge is 2.43. The van der Waals surface area contributed by atoms with Gasteiger partial charge in [-0.15, -0.1) is 0 Å². The summed E-state index contributed by atoms with van der Waals surface area (Å²) in [7, 11) is 0. The zero-order valence-corrected chi connectivity index (χ0v) is 10.2. The molecule has 0 bridgehead atoms. The van der Waals surface area contributed by atoms with Crippen LogP contribution in [0.5, 0.6) is 0 Å². The van der Waals surface area contributed by atoms with Crippen molar-refractivity contribution in [1.29, 1.82) is 0 Å². The van der Waals surface area contributed by atoms with E-state index in [-0.39, 0.29) is 5.91 Å². The monoisotopic (exact) mass is 236 g/mol. The number of carboxylic acid groups (broad SMARTS) is 1. The summed E-state index contributed by atoms with van der Waals surface area (Å²) >= 11 is 0. The largest absolute Gasteiger partial charge is 0.479 e. The Morgan fingerprint density at radius 2 is 2.12 bits per heavy atom. The van der Waals surface area contributed by atoms with Crippen LogP contribution in [-0.2, 0) is 15.1 Å². The van der Waals surface area contributed by atoms with Crippen molar-refractivity contribution in [3.8, 4) is 0 Å². The number of aliphatic carboxylic acids is 1. The van der Waals surface area contributed by atoms with Gasteiger partial charge in [-0.05, 0) is 26.0 Å². The first kappa shape index (κ1) is 13.2. The average molecular weight is 236 g/mol. The summed E-state index contributed by atoms with van der Waals surface area (Å²) in [5.41, 5.74) is -1.08. The molecule has 17 heavy (non-hydrogen) atoms. The maximum Gasteiger partial charge on any atom is 0.335 e. The molecule has 0 aliphatic rings. The van der Waals surface area contributed by atoms with Gasteiger partial charge in [0.2, 0.25) is 5.91 Å². The van der Waals surface area contributed by atoms with Gasteiger partial charge < -0.3 is 10.0 Å². The smallest absolute Gasteiger partial charge is 0.335 e. The number of hydrogen-bond acceptors (Lipinski definition) is 3. The highest BCUT2D eigenvalue weighted by atomic mass is 16.4. The maximum atomic E-state index is 11.5. The first-order chi connectivity index (χ1) is 7.94. The molecule has 1 amide bonds. The van der Waals surface area contributed by atoms with Gasteiger partial charge in [-0.25, -0.2) is 4.79 Å². The Morgan fingerprint density at radius 3 is 2.47 bits per heavy atom. The molecule has 0 saturated carbocycles. The van der Waals surface area contributed by atoms with Crippen molar-refractivity contribution < 1.29 is 14.7 Å². The Morgan fingerprint density at radius 1 is 1.47 bits per heavy atom. The van der Waals surface area contributed by atoms with Crippen LogP contribution < -0.4 is 0 Å². The lowest BCUT2D eigenvalue weighted by molar-refractivity contribution is -0.158. The standard InChI is InChI=1S/C12H16N2O3/c1-4-14(9(2)15)12(3,11(16)17)10-7-5-6-8-13-10/h5-8H,4H2,1-3H3,(H,16,17). The van der Waals surface area contributed by atoms with Crippen molar-refractivity contribution in [2.75, 3.05) is 6.54 Å². The third-order valence-electron chi connectivity index (χ3n) is 2.82. The van der Waals surface area contributed by atoms with Gasteiger partial charge in [-0.2, -0.15) is 0 Å². The van der Waals surface area contributed by atoms with E-state index in [0.717, 1.165) is 0 Å². The normalized spacial score (nSPS) is 13.8. The maximum absolute atomic E-state index is 11.5. The molecule has 92 valence electrons. The van der Waals surface area contributed by atoms with Gasteiger partial charge in [0.15, 0.2) is 5.54 Å². The van der Waals surface area contributed by atoms with Crippen molar-refractivity contribution in [2.24, 2.45) is 0 Å². The molecule has 1 rings (SSSR count). The Labute approximate surface area is 100 Å². The third-order valence-corrected chi connectivity index (χ3v) is 2.82. The molecule has 0 aliphatic carbocycles. The van der Waals surface area contributed by atoms with E-state index >= 15 is 0 Å². The van der Waals surface area contributed by atoms with Gasteiger partial charge >= 0.3 is 5.97 Å². The third kappa shape index (κ3) is 2.27. The van der Waals surface area contributed by atoms with E-state index in [1.165, 1.54) is 24.9 Å². The van der Waals surface area contributed by atoms with Crippen LogP contribution in [0.3, 0.4) is 0 Å². The number of hydrogen-bond donors (Lipinski definition) is 1. The fourth-order valence-electron chi connectivity index (χ4n) is 1.87. The number of carbonyl (C=O) groups excluding carboxylic acids is 1. The molecule has 0 aliphatic heterocycles. The lowest BCUT2D eigenvalue weighted by Gasteiger charge is -2.36. The summed E-state index contributed by atoms with van der Waals surface area (Å²) in [6.07, 6.45) is 1.52. The number of likely N-dealkylation sites (N-methyl/N-ethyl adjacent to an activating group) is 1. The average Bonchev–Trinajstić information content (AvgIpc) is 2.30. The molecule has 5 nitrogen and oxygen atoms in total. The van der Waals surface area contributed by atoms with E-state index < -0.39 is 11.5 Å². The molecule has 1 atom stereocenters. The van der Waals surface area contributed by atoms with E-state index in [4.69, 9.17) is 0 Å². The molecule has 0 saturated heterocycles. The fourth-order valence-corrected chi connectivity index (χ4v) is 1.87. The van der Waals surface area contributed by atoms with Gasteiger partial charge in [-0.3, -0.25) is 9.78 Å². The first-order valence-electron chi connectivity index (χ1n) is 5.37. The molecule has 0 spiro atoms. The lowest BCUT2D eigenvalue weighted by atomic mass is 9.94. The number of carboxylic acids is 1. The Kier molecular flexibility index (Phi) is 3.83. The molecule has 1 N–H and O–H groups in total. The lowest BCUT2D eigenvalue weighted by Crippen LogP contribution is -2.52. The zero-order chi connectivity index (χ0) is 13.1. The summed E-state index contributed by atoms with van der Waals surface area (Å²) in [6.45, 7) is 4.90. The summed E-state index contributed by atoms with van der Waals surface area (Å²) in [4.78, 5) is 28.4. The molecule has 5 heteroatoms. The summed E-state index contributed by atoms with van der Waals surface area (Å²) in [5.74, 6) is -1.38. The summed E-state index contributed by atoms with van der Waals surface area (Å²) < 4.78 is 0. The molecule has 1 aromatic heterocycles. The number of carbonyl (C=O) groups is 2. The zero-order valence-electron chi connectivity index (χ0n) is 10.2. The van der Waals surface area contributed by atoms with E-state index in [1.807, 2.05) is 0 Å². The van der Waals surface area contributed by atoms with E-state index in [0.29, 0.717) is 12.2 Å². The summed E-state index contributed by atoms with van der Waals surface area (Å²) in [5, 5.41) is 9.40. The van der Waals surface area contributed by atoms with Crippen molar-refractivity contribution in [3.05, 3.63) is 30.1 Å². The second kappa shape index (κ2) is 4.95. The van der Waals surface area contributed by atoms with Crippen LogP contribution >= 0.6 is 0 Å². The van der Waals surface area contributed by atoms with Crippen LogP contribution in [0.15, 0.2) is 24.4 Å². The van der Waals surface area contributed by atoms with Gasteiger partial charge in [0, 0.05) is 19.7 Å². The van der Waals surface area contributed by atoms with Gasteiger partial charge in [0.25, 0.3) is 0 Å². The molecule has 0 radical (unpaired) electrons. The molecule has 0 fully saturated rings. The SMILES string of the molecule is CCN(C(C)=O)C(C)(C(=O)O)c1ccccn1. The number of pyridine rings is 1. The minimum atomic E-state index is -1.43. The van der Waals surface area contributed by atoms with E-state index in [1.54, 1.807) is 25.1 Å². The highest BCUT2D eigenvalue weighted by molar-refractivity contribution is 5.86. The number of rotatable bonds is 4. The topological polar surface area (TPSA) is 70.5 Å². The van der Waals surface area contributed by atoms with Gasteiger partial charge in [0.05, 0.1) is 5.69 Å². The Bertz CT molecular complexity index is 419. The van der Waals surface area contributed by atoms with Crippen LogP contribution in [0.25, 0.3) is 0 Å². The predicted molar refractivity (Wildman–Crippen MR) is 62.3 cm³/mol. The number of nitrogens with zero attached hydrogens (tertiary/aromatic N) is 2. The number of amides is 1. The number of aromatic nitrogens is 1. The van der Waals surface area contributed by atoms with Crippen LogP contribution in [0, 0.1) is 0 Å². The molecular formula is C12H16N2O3. The van der Waals surface area contributed by atoms with Crippen molar-refractivity contribution in [2.45, 2.75) is 26.3 Å². The predicted octanol–water partition coefficient (Wildman–Crippen LogP) is 1.25. The summed E-state index contributed by atoms with van der Waals surface area (Å²) in [6, 6.07) is 5.02. The van der Waals surface area contributed by atoms with Crippen molar-refractivity contribution in [1.82, 2.24) is 9.88 Å². The minimum absolute atomic E-state index is 0.289. The van der Waals surface area contributed by atoms with E-state index in [9.17, 15) is 14.7 Å². The fraction of sp³-hybridized carbons (Fsp3) is 0.417. The van der Waals surface area contributed by atoms with Gasteiger partial charge in [-0.1, -0.05) is 6.07 Å². The van der Waals surface area contributed by atoms with Crippen LogP contribution in [0.4, 0.5) is 0 Å². The Hall–Kier alpha value is -1.91. The quantitative estimate of drug-likeness (QED) is 0.854. The van der Waals surface area contributed by atoms with Gasteiger partial charge in [0.1, 0.15) is 0 Å². The van der Waals surface area contributed by atoms with Crippen LogP contribution in [0.2, 0.25) is 0 Å². The molecular weight excluding hydrogens is 220 g/mol. The second-order valence-electron chi connectivity index (χ2n) is 3.86. The molecule has 0 aromatic carbocycles. The second-order valence-corrected chi connectivity index (χ2v) is 3.86. The molecule has 1 heterocycles. The van der Waals surface area contributed by atoms with Crippen molar-refractivity contribution in [3.63, 3.8) is 0 Å².